The Kier molecular flexibility index (Phi) is 7.02. The van der Waals surface area contributed by atoms with Gasteiger partial charge in [-0.05, 0) is 48.7 Å². The van der Waals surface area contributed by atoms with Crippen molar-refractivity contribution in [2.45, 2.75) is 24.3 Å². The number of halogens is 2. The molecule has 0 spiro atoms. The third kappa shape index (κ3) is 5.31. The molecule has 1 fully saturated rings. The number of rotatable bonds is 6. The summed E-state index contributed by atoms with van der Waals surface area (Å²) in [7, 11) is -3.75. The normalized spacial score (nSPS) is 15.7. The summed E-state index contributed by atoms with van der Waals surface area (Å²) in [6.45, 7) is 0.623. The first-order chi connectivity index (χ1) is 14.2. The highest BCUT2D eigenvalue weighted by molar-refractivity contribution is 7.89. The van der Waals surface area contributed by atoms with E-state index in [1.165, 1.54) is 34.6 Å². The van der Waals surface area contributed by atoms with Gasteiger partial charge in [-0.2, -0.15) is 4.31 Å². The van der Waals surface area contributed by atoms with Gasteiger partial charge >= 0.3 is 5.97 Å². The summed E-state index contributed by atoms with van der Waals surface area (Å²) in [4.78, 5) is 23.5. The lowest BCUT2D eigenvalue weighted by Gasteiger charge is -2.30. The van der Waals surface area contributed by atoms with Crippen LogP contribution >= 0.6 is 23.2 Å². The number of nitrogens with zero attached hydrogens (tertiary/aromatic N) is 1. The van der Waals surface area contributed by atoms with Crippen molar-refractivity contribution in [3.63, 3.8) is 0 Å². The maximum Gasteiger partial charge on any atom is 0.335 e. The number of amides is 1. The molecule has 10 heteroatoms. The summed E-state index contributed by atoms with van der Waals surface area (Å²) < 4.78 is 27.0. The number of hydrogen-bond donors (Lipinski definition) is 2. The number of nitrogens with one attached hydrogen (secondary N) is 1. The van der Waals surface area contributed by atoms with E-state index in [4.69, 9.17) is 28.3 Å². The number of benzene rings is 2. The van der Waals surface area contributed by atoms with Crippen LogP contribution in [0.5, 0.6) is 0 Å². The number of carboxylic acids is 1. The molecule has 0 radical (unpaired) electrons. The van der Waals surface area contributed by atoms with E-state index >= 15 is 0 Å². The molecule has 1 aliphatic rings. The molecule has 2 N–H and O–H groups in total. The first-order valence-electron chi connectivity index (χ1n) is 9.23. The van der Waals surface area contributed by atoms with E-state index in [1.807, 2.05) is 0 Å². The van der Waals surface area contributed by atoms with Crippen LogP contribution < -0.4 is 5.32 Å². The van der Waals surface area contributed by atoms with Crippen molar-refractivity contribution in [3.05, 3.63) is 63.6 Å². The second kappa shape index (κ2) is 9.34. The van der Waals surface area contributed by atoms with Crippen LogP contribution in [0.3, 0.4) is 0 Å². The van der Waals surface area contributed by atoms with Crippen LogP contribution in [0.1, 0.15) is 28.8 Å². The van der Waals surface area contributed by atoms with Crippen LogP contribution in [0, 0.1) is 5.92 Å². The highest BCUT2D eigenvalue weighted by Gasteiger charge is 2.32. The summed E-state index contributed by atoms with van der Waals surface area (Å²) in [5, 5.41) is 12.3. The van der Waals surface area contributed by atoms with Crippen LogP contribution in [0.4, 0.5) is 0 Å². The van der Waals surface area contributed by atoms with Crippen LogP contribution in [-0.4, -0.2) is 42.8 Å². The van der Waals surface area contributed by atoms with E-state index in [2.05, 4.69) is 5.32 Å². The lowest BCUT2D eigenvalue weighted by atomic mass is 9.97. The Morgan fingerprint density at radius 3 is 2.30 bits per heavy atom. The number of carboxylic acid groups (broad SMARTS) is 1. The van der Waals surface area contributed by atoms with Gasteiger partial charge < -0.3 is 10.4 Å². The molecular weight excluding hydrogens is 451 g/mol. The van der Waals surface area contributed by atoms with Crippen molar-refractivity contribution >= 4 is 45.1 Å². The van der Waals surface area contributed by atoms with Gasteiger partial charge in [0.2, 0.25) is 15.9 Å². The Bertz CT molecular complexity index is 1050. The number of carbonyl (C=O) groups excluding carboxylic acids is 1. The maximum absolute atomic E-state index is 12.8. The van der Waals surface area contributed by atoms with E-state index in [0.717, 1.165) is 0 Å². The van der Waals surface area contributed by atoms with Gasteiger partial charge in [0, 0.05) is 35.6 Å². The van der Waals surface area contributed by atoms with E-state index in [-0.39, 0.29) is 52.0 Å². The first kappa shape index (κ1) is 22.6. The monoisotopic (exact) mass is 470 g/mol. The Labute approximate surface area is 184 Å². The molecule has 7 nitrogen and oxygen atoms in total. The van der Waals surface area contributed by atoms with Crippen LogP contribution in [-0.2, 0) is 21.4 Å². The van der Waals surface area contributed by atoms with Gasteiger partial charge in [0.05, 0.1) is 10.5 Å². The standard InChI is InChI=1S/C20H20Cl2N2O5S/c21-16-9-17(22)11-18(10-16)30(28,29)24-6-4-14(5-7-24)19(25)23-12-13-2-1-3-15(8-13)20(26)27/h1-3,8-11,14H,4-7,12H2,(H,23,25)(H,26,27). The molecule has 2 aromatic carbocycles. The van der Waals surface area contributed by atoms with Gasteiger partial charge in [0.15, 0.2) is 0 Å². The van der Waals surface area contributed by atoms with Crippen LogP contribution in [0.15, 0.2) is 47.4 Å². The lowest BCUT2D eigenvalue weighted by molar-refractivity contribution is -0.126. The molecule has 30 heavy (non-hydrogen) atoms. The van der Waals surface area contributed by atoms with E-state index in [0.29, 0.717) is 18.4 Å². The number of aromatic carboxylic acids is 1. The molecule has 1 aliphatic heterocycles. The second-order valence-electron chi connectivity index (χ2n) is 7.01. The minimum Gasteiger partial charge on any atom is -0.478 e. The van der Waals surface area contributed by atoms with Crippen LogP contribution in [0.2, 0.25) is 10.0 Å². The van der Waals surface area contributed by atoms with Gasteiger partial charge in [-0.3, -0.25) is 4.79 Å². The fraction of sp³-hybridized carbons (Fsp3) is 0.300. The maximum atomic E-state index is 12.8. The topological polar surface area (TPSA) is 104 Å². The lowest BCUT2D eigenvalue weighted by Crippen LogP contribution is -2.42. The van der Waals surface area contributed by atoms with Crippen LogP contribution in [0.25, 0.3) is 0 Å². The van der Waals surface area contributed by atoms with E-state index in [1.54, 1.807) is 12.1 Å². The molecular formula is C20H20Cl2N2O5S. The predicted octanol–water partition coefficient (Wildman–Crippen LogP) is 3.41. The Balaban J connectivity index is 1.57. The fourth-order valence-electron chi connectivity index (χ4n) is 3.33. The zero-order valence-corrected chi connectivity index (χ0v) is 18.2. The van der Waals surface area contributed by atoms with Crippen molar-refractivity contribution < 1.29 is 23.1 Å². The average Bonchev–Trinajstić information content (AvgIpc) is 2.71. The molecule has 1 amide bonds. The molecule has 3 rings (SSSR count). The third-order valence-corrected chi connectivity index (χ3v) is 7.25. The van der Waals surface area contributed by atoms with Gasteiger partial charge in [-0.15, -0.1) is 0 Å². The quantitative estimate of drug-likeness (QED) is 0.672. The van der Waals surface area contributed by atoms with E-state index < -0.39 is 16.0 Å². The molecule has 1 saturated heterocycles. The molecule has 160 valence electrons. The molecule has 0 aromatic heterocycles. The van der Waals surface area contributed by atoms with Crippen molar-refractivity contribution in [1.82, 2.24) is 9.62 Å². The largest absolute Gasteiger partial charge is 0.478 e. The highest BCUT2D eigenvalue weighted by Crippen LogP contribution is 2.28. The SMILES string of the molecule is O=C(O)c1cccc(CNC(=O)C2CCN(S(=O)(=O)c3cc(Cl)cc(Cl)c3)CC2)c1. The van der Waals surface area contributed by atoms with Crippen molar-refractivity contribution in [3.8, 4) is 0 Å². The second-order valence-corrected chi connectivity index (χ2v) is 9.82. The highest BCUT2D eigenvalue weighted by atomic mass is 35.5. The molecule has 0 atom stereocenters. The number of hydrogen-bond acceptors (Lipinski definition) is 4. The predicted molar refractivity (Wildman–Crippen MR) is 113 cm³/mol. The Morgan fingerprint density at radius 2 is 1.70 bits per heavy atom. The Hall–Kier alpha value is -2.13. The summed E-state index contributed by atoms with van der Waals surface area (Å²) in [5.74, 6) is -1.53. The molecule has 0 bridgehead atoms. The van der Waals surface area contributed by atoms with Gasteiger partial charge in [-0.1, -0.05) is 35.3 Å². The zero-order valence-electron chi connectivity index (χ0n) is 15.8. The number of carbonyl (C=O) groups is 2. The minimum atomic E-state index is -3.75. The minimum absolute atomic E-state index is 0.0289. The van der Waals surface area contributed by atoms with Crippen molar-refractivity contribution in [2.24, 2.45) is 5.92 Å². The number of sulfonamides is 1. The molecule has 0 saturated carbocycles. The molecule has 2 aromatic rings. The molecule has 1 heterocycles. The van der Waals surface area contributed by atoms with E-state index in [9.17, 15) is 18.0 Å². The van der Waals surface area contributed by atoms with Crippen molar-refractivity contribution in [1.29, 1.82) is 0 Å². The summed E-state index contributed by atoms with van der Waals surface area (Å²) >= 11 is 11.8. The summed E-state index contributed by atoms with van der Waals surface area (Å²) in [6, 6.07) is 10.5. The average molecular weight is 471 g/mol. The smallest absolute Gasteiger partial charge is 0.335 e. The van der Waals surface area contributed by atoms with Crippen molar-refractivity contribution in [2.75, 3.05) is 13.1 Å². The fourth-order valence-corrected chi connectivity index (χ4v) is 5.53. The van der Waals surface area contributed by atoms with Gasteiger partial charge in [0.25, 0.3) is 0 Å². The number of piperidine rings is 1. The van der Waals surface area contributed by atoms with Gasteiger partial charge in [0.1, 0.15) is 0 Å². The Morgan fingerprint density at radius 1 is 1.07 bits per heavy atom. The summed E-state index contributed by atoms with van der Waals surface area (Å²) in [5.41, 5.74) is 0.836. The van der Waals surface area contributed by atoms with Gasteiger partial charge in [-0.25, -0.2) is 13.2 Å². The molecule has 0 aliphatic carbocycles. The summed E-state index contributed by atoms with van der Waals surface area (Å²) in [6.07, 6.45) is 0.767. The zero-order chi connectivity index (χ0) is 21.9. The molecule has 0 unspecified atom stereocenters. The first-order valence-corrected chi connectivity index (χ1v) is 11.4. The third-order valence-electron chi connectivity index (χ3n) is 4.94.